The molecule has 1 aliphatic carbocycles. The Labute approximate surface area is 258 Å². The molecule has 4 fully saturated rings. The zero-order chi connectivity index (χ0) is 30.7. The molecule has 3 heterocycles. The zero-order valence-electron chi connectivity index (χ0n) is 25.4. The summed E-state index contributed by atoms with van der Waals surface area (Å²) < 4.78 is 0. The fourth-order valence-corrected chi connectivity index (χ4v) is 7.46. The van der Waals surface area contributed by atoms with E-state index >= 15 is 0 Å². The van der Waals surface area contributed by atoms with Crippen LogP contribution in [0.3, 0.4) is 0 Å². The zero-order valence-corrected chi connectivity index (χ0v) is 25.4. The van der Waals surface area contributed by atoms with Crippen molar-refractivity contribution in [3.05, 3.63) is 65.7 Å². The number of anilines is 1. The summed E-state index contributed by atoms with van der Waals surface area (Å²) in [6.07, 6.45) is 4.14. The molecule has 0 bridgehead atoms. The minimum Gasteiger partial charge on any atom is -0.359 e. The number of carbonyl (C=O) groups is 4. The number of benzene rings is 2. The van der Waals surface area contributed by atoms with Gasteiger partial charge in [-0.1, -0.05) is 42.5 Å². The minimum atomic E-state index is -0.788. The molecule has 11 nitrogen and oxygen atoms in total. The molecule has 0 radical (unpaired) electrons. The van der Waals surface area contributed by atoms with Crippen molar-refractivity contribution in [2.75, 3.05) is 44.8 Å². The van der Waals surface area contributed by atoms with Crippen molar-refractivity contribution >= 4 is 29.3 Å². The molecule has 1 spiro atoms. The Morgan fingerprint density at radius 2 is 1.75 bits per heavy atom. The van der Waals surface area contributed by atoms with Crippen LogP contribution in [-0.2, 0) is 32.1 Å². The lowest BCUT2D eigenvalue weighted by Crippen LogP contribution is -2.58. The first-order valence-corrected chi connectivity index (χ1v) is 15.8. The summed E-state index contributed by atoms with van der Waals surface area (Å²) in [6.45, 7) is 2.55. The molecule has 2 aromatic rings. The van der Waals surface area contributed by atoms with Crippen LogP contribution in [-0.4, -0.2) is 84.9 Å². The van der Waals surface area contributed by atoms with Crippen molar-refractivity contribution in [1.29, 1.82) is 0 Å². The number of likely N-dealkylation sites (tertiary alicyclic amines) is 1. The highest BCUT2D eigenvalue weighted by Crippen LogP contribution is 2.40. The normalized spacial score (nSPS) is 24.3. The standard InChI is InChI=1S/C33H43N7O4/c1-34-29(41)17-23-6-5-7-24(16-23)19-35-30(42)21-39-22-40(27-8-3-2-4-9-27)33(32(39)44)12-14-38(15-13-33)31(43)25-10-11-28-26(18-25)20-36-37-28/h2-9,16,25-26,28,36-37H,10-15,17-22H2,1H3,(H,34,41)(H,35,42). The summed E-state index contributed by atoms with van der Waals surface area (Å²) in [6, 6.07) is 17.9. The van der Waals surface area contributed by atoms with E-state index in [4.69, 9.17) is 0 Å². The van der Waals surface area contributed by atoms with E-state index in [1.165, 1.54) is 0 Å². The molecule has 2 aromatic carbocycles. The van der Waals surface area contributed by atoms with Crippen molar-refractivity contribution in [3.8, 4) is 0 Å². The Morgan fingerprint density at radius 1 is 0.977 bits per heavy atom. The van der Waals surface area contributed by atoms with Gasteiger partial charge in [0.25, 0.3) is 5.91 Å². The van der Waals surface area contributed by atoms with E-state index in [1.54, 1.807) is 11.9 Å². The van der Waals surface area contributed by atoms with Gasteiger partial charge in [-0.15, -0.1) is 0 Å². The van der Waals surface area contributed by atoms with Crippen LogP contribution in [0.5, 0.6) is 0 Å². The van der Waals surface area contributed by atoms with Crippen molar-refractivity contribution in [1.82, 2.24) is 31.3 Å². The van der Waals surface area contributed by atoms with E-state index in [9.17, 15) is 19.2 Å². The number of hydrazine groups is 1. The highest BCUT2D eigenvalue weighted by Gasteiger charge is 2.54. The second-order valence-corrected chi connectivity index (χ2v) is 12.6. The quantitative estimate of drug-likeness (QED) is 0.358. The maximum Gasteiger partial charge on any atom is 0.250 e. The monoisotopic (exact) mass is 601 g/mol. The molecular formula is C33H43N7O4. The van der Waals surface area contributed by atoms with Gasteiger partial charge in [0.1, 0.15) is 12.1 Å². The molecule has 0 aromatic heterocycles. The van der Waals surface area contributed by atoms with Crippen LogP contribution in [0, 0.1) is 11.8 Å². The summed E-state index contributed by atoms with van der Waals surface area (Å²) in [7, 11) is 1.61. The SMILES string of the molecule is CNC(=O)Cc1cccc(CNC(=O)CN2CN(c3ccccc3)C3(CCN(C(=O)C4CCC5NNCC5C4)CC3)C2=O)c1. The Balaban J connectivity index is 1.10. The fourth-order valence-electron chi connectivity index (χ4n) is 7.46. The van der Waals surface area contributed by atoms with Crippen molar-refractivity contribution < 1.29 is 19.2 Å². The van der Waals surface area contributed by atoms with Gasteiger partial charge in [0.15, 0.2) is 0 Å². The highest BCUT2D eigenvalue weighted by atomic mass is 16.2. The molecule has 234 valence electrons. The van der Waals surface area contributed by atoms with Crippen LogP contribution < -0.4 is 26.4 Å². The van der Waals surface area contributed by atoms with Crippen molar-refractivity contribution in [2.24, 2.45) is 11.8 Å². The van der Waals surface area contributed by atoms with Crippen molar-refractivity contribution in [2.45, 2.75) is 56.7 Å². The van der Waals surface area contributed by atoms with Gasteiger partial charge in [0.05, 0.1) is 13.1 Å². The number of fused-ring (bicyclic) bond motifs is 1. The Morgan fingerprint density at radius 3 is 2.52 bits per heavy atom. The maximum absolute atomic E-state index is 14.1. The van der Waals surface area contributed by atoms with E-state index in [0.717, 1.165) is 42.6 Å². The number of hydrogen-bond acceptors (Lipinski definition) is 7. The van der Waals surface area contributed by atoms with Crippen LogP contribution >= 0.6 is 0 Å². The van der Waals surface area contributed by atoms with E-state index in [2.05, 4.69) is 26.4 Å². The summed E-state index contributed by atoms with van der Waals surface area (Å²) >= 11 is 0. The van der Waals surface area contributed by atoms with Crippen molar-refractivity contribution in [3.63, 3.8) is 0 Å². The first-order chi connectivity index (χ1) is 21.4. The maximum atomic E-state index is 14.1. The van der Waals surface area contributed by atoms with Gasteiger partial charge >= 0.3 is 0 Å². The first-order valence-electron chi connectivity index (χ1n) is 15.8. The summed E-state index contributed by atoms with van der Waals surface area (Å²) in [5.41, 5.74) is 8.49. The van der Waals surface area contributed by atoms with Crippen LogP contribution in [0.15, 0.2) is 54.6 Å². The number of piperidine rings is 1. The number of carbonyl (C=O) groups excluding carboxylic acids is 4. The fraction of sp³-hybridized carbons (Fsp3) is 0.515. The average Bonchev–Trinajstić information content (AvgIpc) is 3.63. The molecule has 1 saturated carbocycles. The smallest absolute Gasteiger partial charge is 0.250 e. The van der Waals surface area contributed by atoms with E-state index < -0.39 is 5.54 Å². The number of hydrogen-bond donors (Lipinski definition) is 4. The van der Waals surface area contributed by atoms with Crippen LogP contribution in [0.25, 0.3) is 0 Å². The minimum absolute atomic E-state index is 0.0428. The molecule has 4 N–H and O–H groups in total. The Bertz CT molecular complexity index is 1380. The molecule has 3 aliphatic heterocycles. The number of rotatable bonds is 8. The van der Waals surface area contributed by atoms with E-state index in [1.807, 2.05) is 59.5 Å². The number of likely N-dealkylation sites (N-methyl/N-ethyl adjacent to an activating group) is 1. The number of amides is 4. The van der Waals surface area contributed by atoms with Gasteiger partial charge in [0.2, 0.25) is 17.7 Å². The predicted molar refractivity (Wildman–Crippen MR) is 166 cm³/mol. The van der Waals surface area contributed by atoms with Gasteiger partial charge in [-0.05, 0) is 61.3 Å². The van der Waals surface area contributed by atoms with E-state index in [-0.39, 0.29) is 42.5 Å². The third-order valence-corrected chi connectivity index (χ3v) is 9.93. The molecule has 3 atom stereocenters. The second kappa shape index (κ2) is 13.0. The van der Waals surface area contributed by atoms with Gasteiger partial charge in [-0.2, -0.15) is 0 Å². The Kier molecular flexibility index (Phi) is 8.86. The lowest BCUT2D eigenvalue weighted by molar-refractivity contribution is -0.142. The van der Waals surface area contributed by atoms with Gasteiger partial charge < -0.3 is 25.3 Å². The third kappa shape index (κ3) is 6.16. The summed E-state index contributed by atoms with van der Waals surface area (Å²) in [4.78, 5) is 58.3. The predicted octanol–water partition coefficient (Wildman–Crippen LogP) is 1.15. The molecule has 3 saturated heterocycles. The lowest BCUT2D eigenvalue weighted by Gasteiger charge is -2.44. The van der Waals surface area contributed by atoms with Gasteiger partial charge in [-0.25, -0.2) is 0 Å². The second-order valence-electron chi connectivity index (χ2n) is 12.6. The lowest BCUT2D eigenvalue weighted by atomic mass is 9.77. The van der Waals surface area contributed by atoms with Gasteiger partial charge in [0, 0.05) is 50.9 Å². The Hall–Kier alpha value is -3.96. The third-order valence-electron chi connectivity index (χ3n) is 9.93. The van der Waals surface area contributed by atoms with Gasteiger partial charge in [-0.3, -0.25) is 30.0 Å². The largest absolute Gasteiger partial charge is 0.359 e. The van der Waals surface area contributed by atoms with Crippen LogP contribution in [0.4, 0.5) is 5.69 Å². The molecule has 4 amide bonds. The topological polar surface area (TPSA) is 126 Å². The number of nitrogens with zero attached hydrogens (tertiary/aromatic N) is 3. The molecule has 3 unspecified atom stereocenters. The number of nitrogens with one attached hydrogen (secondary N) is 4. The average molecular weight is 602 g/mol. The van der Waals surface area contributed by atoms with Crippen LogP contribution in [0.1, 0.15) is 43.2 Å². The molecule has 4 aliphatic rings. The summed E-state index contributed by atoms with van der Waals surface area (Å²) in [5, 5.41) is 5.57. The summed E-state index contributed by atoms with van der Waals surface area (Å²) in [5.74, 6) is 0.389. The van der Waals surface area contributed by atoms with E-state index in [0.29, 0.717) is 51.1 Å². The molecule has 44 heavy (non-hydrogen) atoms. The molecular weight excluding hydrogens is 558 g/mol. The highest BCUT2D eigenvalue weighted by molar-refractivity contribution is 5.96. The molecule has 6 rings (SSSR count). The van der Waals surface area contributed by atoms with Crippen LogP contribution in [0.2, 0.25) is 0 Å². The first kappa shape index (κ1) is 30.1. The molecule has 11 heteroatoms. The number of para-hydroxylation sites is 1.